The SMILES string of the molecule is CC(C)(C)OC(=O)N1CCN(c2ccc(C3(C(=O)N4CCC5(C4)OC(=O)CC5(C)C)CC3)c(F)c2)CC1. The maximum absolute atomic E-state index is 15.5. The van der Waals surface area contributed by atoms with E-state index in [0.29, 0.717) is 70.5 Å². The van der Waals surface area contributed by atoms with Crippen LogP contribution < -0.4 is 4.90 Å². The topological polar surface area (TPSA) is 79.4 Å². The van der Waals surface area contributed by atoms with Crippen molar-refractivity contribution in [1.82, 2.24) is 9.80 Å². The summed E-state index contributed by atoms with van der Waals surface area (Å²) in [4.78, 5) is 43.5. The van der Waals surface area contributed by atoms with Gasteiger partial charge in [0.15, 0.2) is 0 Å². The van der Waals surface area contributed by atoms with Gasteiger partial charge in [-0.3, -0.25) is 9.59 Å². The van der Waals surface area contributed by atoms with Crippen LogP contribution in [-0.2, 0) is 24.5 Å². The Morgan fingerprint density at radius 1 is 1.00 bits per heavy atom. The molecule has 0 aromatic heterocycles. The summed E-state index contributed by atoms with van der Waals surface area (Å²) < 4.78 is 26.7. The zero-order valence-corrected chi connectivity index (χ0v) is 22.6. The van der Waals surface area contributed by atoms with Crippen molar-refractivity contribution < 1.29 is 28.2 Å². The van der Waals surface area contributed by atoms with Crippen molar-refractivity contribution in [2.45, 2.75) is 76.9 Å². The van der Waals surface area contributed by atoms with E-state index in [-0.39, 0.29) is 29.2 Å². The van der Waals surface area contributed by atoms with Crippen LogP contribution >= 0.6 is 0 Å². The molecule has 2 amide bonds. The lowest BCUT2D eigenvalue weighted by Crippen LogP contribution is -2.50. The van der Waals surface area contributed by atoms with Gasteiger partial charge in [0.05, 0.1) is 18.4 Å². The molecule has 3 heterocycles. The van der Waals surface area contributed by atoms with Gasteiger partial charge in [0.25, 0.3) is 0 Å². The highest BCUT2D eigenvalue weighted by Gasteiger charge is 2.62. The fraction of sp³-hybridized carbons (Fsp3) is 0.679. The van der Waals surface area contributed by atoms with E-state index in [1.165, 1.54) is 6.07 Å². The number of anilines is 1. The van der Waals surface area contributed by atoms with Crippen molar-refractivity contribution in [2.75, 3.05) is 44.2 Å². The van der Waals surface area contributed by atoms with E-state index in [1.807, 2.05) is 40.7 Å². The molecule has 8 nitrogen and oxygen atoms in total. The molecule has 5 rings (SSSR count). The van der Waals surface area contributed by atoms with Crippen molar-refractivity contribution in [3.8, 4) is 0 Å². The highest BCUT2D eigenvalue weighted by molar-refractivity contribution is 5.92. The molecule has 1 aromatic rings. The number of amides is 2. The van der Waals surface area contributed by atoms with Gasteiger partial charge in [0, 0.05) is 55.8 Å². The number of carbonyl (C=O) groups is 3. The van der Waals surface area contributed by atoms with Crippen LogP contribution in [0, 0.1) is 11.2 Å². The van der Waals surface area contributed by atoms with Crippen molar-refractivity contribution in [3.05, 3.63) is 29.6 Å². The zero-order chi connectivity index (χ0) is 26.8. The molecule has 1 saturated carbocycles. The van der Waals surface area contributed by atoms with Crippen molar-refractivity contribution in [3.63, 3.8) is 0 Å². The molecule has 1 spiro atoms. The first-order valence-corrected chi connectivity index (χ1v) is 13.3. The minimum Gasteiger partial charge on any atom is -0.456 e. The monoisotopic (exact) mass is 515 g/mol. The second-order valence-corrected chi connectivity index (χ2v) is 12.7. The third kappa shape index (κ3) is 4.55. The number of hydrogen-bond donors (Lipinski definition) is 0. The van der Waals surface area contributed by atoms with Crippen LogP contribution in [0.15, 0.2) is 18.2 Å². The first-order chi connectivity index (χ1) is 17.3. The third-order valence-electron chi connectivity index (χ3n) is 8.57. The summed E-state index contributed by atoms with van der Waals surface area (Å²) >= 11 is 0. The molecule has 1 aliphatic carbocycles. The molecule has 1 atom stereocenters. The molecule has 0 radical (unpaired) electrons. The Morgan fingerprint density at radius 3 is 2.22 bits per heavy atom. The van der Waals surface area contributed by atoms with Crippen LogP contribution in [0.3, 0.4) is 0 Å². The fourth-order valence-corrected chi connectivity index (χ4v) is 6.09. The van der Waals surface area contributed by atoms with E-state index in [1.54, 1.807) is 15.9 Å². The molecular weight excluding hydrogens is 477 g/mol. The number of nitrogens with zero attached hydrogens (tertiary/aromatic N) is 3. The van der Waals surface area contributed by atoms with Crippen LogP contribution in [-0.4, -0.2) is 78.2 Å². The number of benzene rings is 1. The van der Waals surface area contributed by atoms with E-state index in [0.717, 1.165) is 5.69 Å². The number of likely N-dealkylation sites (tertiary alicyclic amines) is 1. The third-order valence-corrected chi connectivity index (χ3v) is 8.57. The minimum absolute atomic E-state index is 0.0688. The molecule has 3 aliphatic heterocycles. The molecule has 3 saturated heterocycles. The summed E-state index contributed by atoms with van der Waals surface area (Å²) in [6.07, 6.45) is 1.86. The molecular formula is C28H38FN3O5. The largest absolute Gasteiger partial charge is 0.456 e. The van der Waals surface area contributed by atoms with Gasteiger partial charge >= 0.3 is 12.1 Å². The van der Waals surface area contributed by atoms with Crippen LogP contribution in [0.5, 0.6) is 0 Å². The number of piperazine rings is 1. The maximum Gasteiger partial charge on any atom is 0.410 e. The van der Waals surface area contributed by atoms with Crippen molar-refractivity contribution in [1.29, 1.82) is 0 Å². The zero-order valence-electron chi connectivity index (χ0n) is 22.6. The second kappa shape index (κ2) is 8.60. The molecule has 202 valence electrons. The van der Waals surface area contributed by atoms with Crippen molar-refractivity contribution in [2.24, 2.45) is 5.41 Å². The predicted molar refractivity (Wildman–Crippen MR) is 136 cm³/mol. The lowest BCUT2D eigenvalue weighted by atomic mass is 9.74. The van der Waals surface area contributed by atoms with Crippen molar-refractivity contribution >= 4 is 23.7 Å². The van der Waals surface area contributed by atoms with E-state index in [4.69, 9.17) is 9.47 Å². The molecule has 4 fully saturated rings. The summed E-state index contributed by atoms with van der Waals surface area (Å²) in [5, 5.41) is 0. The molecule has 0 bridgehead atoms. The van der Waals surface area contributed by atoms with E-state index in [9.17, 15) is 14.4 Å². The van der Waals surface area contributed by atoms with Crippen LogP contribution in [0.1, 0.15) is 65.9 Å². The summed E-state index contributed by atoms with van der Waals surface area (Å²) in [5.41, 5.74) is -1.19. The first-order valence-electron chi connectivity index (χ1n) is 13.3. The number of carbonyl (C=O) groups excluding carboxylic acids is 3. The van der Waals surface area contributed by atoms with Gasteiger partial charge in [-0.2, -0.15) is 0 Å². The minimum atomic E-state index is -0.837. The summed E-state index contributed by atoms with van der Waals surface area (Å²) in [5.74, 6) is -0.658. The van der Waals surface area contributed by atoms with E-state index in [2.05, 4.69) is 4.90 Å². The van der Waals surface area contributed by atoms with Gasteiger partial charge in [-0.05, 0) is 45.7 Å². The number of rotatable bonds is 3. The van der Waals surface area contributed by atoms with Gasteiger partial charge < -0.3 is 24.2 Å². The Morgan fingerprint density at radius 2 is 1.68 bits per heavy atom. The van der Waals surface area contributed by atoms with Gasteiger partial charge in [-0.1, -0.05) is 19.9 Å². The molecule has 0 N–H and O–H groups in total. The Kier molecular flexibility index (Phi) is 5.99. The standard InChI is InChI=1S/C28H38FN3O5/c1-25(2,3)37-24(35)31-14-12-30(13-15-31)19-6-7-20(21(29)16-19)27(8-9-27)23(34)32-11-10-28(18-32)26(4,5)17-22(33)36-28/h6-7,16H,8-15,17-18H2,1-5H3. The summed E-state index contributed by atoms with van der Waals surface area (Å²) in [6, 6.07) is 5.14. The summed E-state index contributed by atoms with van der Waals surface area (Å²) in [7, 11) is 0. The summed E-state index contributed by atoms with van der Waals surface area (Å²) in [6.45, 7) is 12.6. The van der Waals surface area contributed by atoms with Crippen LogP contribution in [0.2, 0.25) is 0 Å². The number of halogens is 1. The first kappa shape index (κ1) is 25.8. The molecule has 9 heteroatoms. The molecule has 1 unspecified atom stereocenters. The predicted octanol–water partition coefficient (Wildman–Crippen LogP) is 3.86. The normalized spacial score (nSPS) is 26.4. The quantitative estimate of drug-likeness (QED) is 0.569. The van der Waals surface area contributed by atoms with Gasteiger partial charge in [0.1, 0.15) is 17.0 Å². The van der Waals surface area contributed by atoms with E-state index >= 15 is 4.39 Å². The number of esters is 1. The molecule has 1 aromatic carbocycles. The van der Waals surface area contributed by atoms with Gasteiger partial charge in [-0.15, -0.1) is 0 Å². The lowest BCUT2D eigenvalue weighted by molar-refractivity contribution is -0.151. The van der Waals surface area contributed by atoms with Gasteiger partial charge in [0.2, 0.25) is 5.91 Å². The lowest BCUT2D eigenvalue weighted by Gasteiger charge is -2.37. The Bertz CT molecular complexity index is 1120. The number of hydrogen-bond acceptors (Lipinski definition) is 6. The molecule has 4 aliphatic rings. The van der Waals surface area contributed by atoms with E-state index < -0.39 is 16.6 Å². The highest BCUT2D eigenvalue weighted by atomic mass is 19.1. The Hall–Kier alpha value is -2.84. The average molecular weight is 516 g/mol. The van der Waals surface area contributed by atoms with Gasteiger partial charge in [-0.25, -0.2) is 9.18 Å². The second-order valence-electron chi connectivity index (χ2n) is 12.7. The highest BCUT2D eigenvalue weighted by Crippen LogP contribution is 2.54. The Balaban J connectivity index is 1.25. The van der Waals surface area contributed by atoms with Crippen LogP contribution in [0.25, 0.3) is 0 Å². The smallest absolute Gasteiger partial charge is 0.410 e. The maximum atomic E-state index is 15.5. The average Bonchev–Trinajstić information content (AvgIpc) is 3.43. The Labute approximate surface area is 218 Å². The molecule has 37 heavy (non-hydrogen) atoms. The van der Waals surface area contributed by atoms with Crippen LogP contribution in [0.4, 0.5) is 14.9 Å². The fourth-order valence-electron chi connectivity index (χ4n) is 6.09. The number of ether oxygens (including phenoxy) is 2.